The lowest BCUT2D eigenvalue weighted by atomic mass is 10.2. The van der Waals surface area contributed by atoms with E-state index in [1.807, 2.05) is 24.3 Å². The Morgan fingerprint density at radius 2 is 1.89 bits per heavy atom. The van der Waals surface area contributed by atoms with Crippen LogP contribution in [0.25, 0.3) is 0 Å². The third-order valence-corrected chi connectivity index (χ3v) is 5.60. The maximum atomic E-state index is 12.3. The molecule has 0 heterocycles. The fraction of sp³-hybridized carbons (Fsp3) is 0.316. The first-order valence-corrected chi connectivity index (χ1v) is 10.6. The van der Waals surface area contributed by atoms with E-state index in [9.17, 15) is 13.2 Å². The fourth-order valence-electron chi connectivity index (χ4n) is 2.87. The van der Waals surface area contributed by atoms with Gasteiger partial charge in [0, 0.05) is 36.3 Å². The predicted octanol–water partition coefficient (Wildman–Crippen LogP) is 2.98. The van der Waals surface area contributed by atoms with Gasteiger partial charge in [0.05, 0.1) is 4.90 Å². The number of carbonyl (C=O) groups excluding carboxylic acids is 1. The Labute approximate surface area is 164 Å². The number of sulfonamides is 1. The first kappa shape index (κ1) is 19.8. The smallest absolute Gasteiger partial charge is 0.238 e. The molecule has 2 aromatic rings. The van der Waals surface area contributed by atoms with Crippen LogP contribution < -0.4 is 10.5 Å². The molecule has 1 saturated carbocycles. The van der Waals surface area contributed by atoms with Gasteiger partial charge in [0.2, 0.25) is 15.9 Å². The molecule has 0 aromatic heterocycles. The van der Waals surface area contributed by atoms with Gasteiger partial charge in [-0.15, -0.1) is 0 Å². The molecule has 8 heteroatoms. The summed E-state index contributed by atoms with van der Waals surface area (Å²) in [5.41, 5.74) is 1.58. The van der Waals surface area contributed by atoms with E-state index >= 15 is 0 Å². The van der Waals surface area contributed by atoms with Crippen molar-refractivity contribution in [3.63, 3.8) is 0 Å². The molecule has 1 amide bonds. The number of nitrogens with zero attached hydrogens (tertiary/aromatic N) is 1. The van der Waals surface area contributed by atoms with Gasteiger partial charge in [0.25, 0.3) is 0 Å². The molecule has 3 rings (SSSR count). The number of hydrogen-bond acceptors (Lipinski definition) is 4. The summed E-state index contributed by atoms with van der Waals surface area (Å²) in [6, 6.07) is 14.2. The predicted molar refractivity (Wildman–Crippen MR) is 106 cm³/mol. The van der Waals surface area contributed by atoms with E-state index in [1.165, 1.54) is 12.1 Å². The zero-order valence-corrected chi connectivity index (χ0v) is 16.3. The molecule has 0 aliphatic heterocycles. The van der Waals surface area contributed by atoms with Crippen molar-refractivity contribution in [2.45, 2.75) is 36.7 Å². The summed E-state index contributed by atoms with van der Waals surface area (Å²) in [6.07, 6.45) is 2.61. The summed E-state index contributed by atoms with van der Waals surface area (Å²) in [5.74, 6) is -0.164. The van der Waals surface area contributed by atoms with E-state index in [-0.39, 0.29) is 10.8 Å². The lowest BCUT2D eigenvalue weighted by Gasteiger charge is -2.22. The van der Waals surface area contributed by atoms with Gasteiger partial charge in [-0.3, -0.25) is 9.69 Å². The van der Waals surface area contributed by atoms with Crippen molar-refractivity contribution < 1.29 is 13.2 Å². The average molecular weight is 408 g/mol. The van der Waals surface area contributed by atoms with Gasteiger partial charge < -0.3 is 5.32 Å². The molecule has 2 aromatic carbocycles. The summed E-state index contributed by atoms with van der Waals surface area (Å²) in [5, 5.41) is 8.57. The van der Waals surface area contributed by atoms with Crippen molar-refractivity contribution in [1.29, 1.82) is 0 Å². The average Bonchev–Trinajstić information content (AvgIpc) is 3.45. The van der Waals surface area contributed by atoms with Gasteiger partial charge in [-0.1, -0.05) is 29.8 Å². The standard InChI is InChI=1S/C19H22ClN3O3S/c20-15-6-4-14(5-7-15)13-23(17-8-9-17)11-10-19(24)22-16-2-1-3-18(12-16)27(21,25)26/h1-7,12,17H,8-11,13H2,(H,22,24)(H2,21,25,26). The molecule has 3 N–H and O–H groups in total. The van der Waals surface area contributed by atoms with Crippen LogP contribution in [0.1, 0.15) is 24.8 Å². The highest BCUT2D eigenvalue weighted by Crippen LogP contribution is 2.28. The fourth-order valence-corrected chi connectivity index (χ4v) is 3.56. The van der Waals surface area contributed by atoms with E-state index in [1.54, 1.807) is 12.1 Å². The summed E-state index contributed by atoms with van der Waals surface area (Å²) in [7, 11) is -3.80. The Balaban J connectivity index is 1.56. The van der Waals surface area contributed by atoms with E-state index < -0.39 is 10.0 Å². The number of hydrogen-bond donors (Lipinski definition) is 2. The van der Waals surface area contributed by atoms with Crippen LogP contribution in [-0.4, -0.2) is 31.8 Å². The van der Waals surface area contributed by atoms with Crippen LogP contribution in [0.3, 0.4) is 0 Å². The van der Waals surface area contributed by atoms with Crippen LogP contribution in [0.15, 0.2) is 53.4 Å². The number of carbonyl (C=O) groups is 1. The number of nitrogens with one attached hydrogen (secondary N) is 1. The first-order chi connectivity index (χ1) is 12.8. The van der Waals surface area contributed by atoms with Gasteiger partial charge >= 0.3 is 0 Å². The van der Waals surface area contributed by atoms with Crippen LogP contribution in [0, 0.1) is 0 Å². The van der Waals surface area contributed by atoms with Gasteiger partial charge in [-0.05, 0) is 48.7 Å². The minimum absolute atomic E-state index is 0.0253. The molecule has 0 atom stereocenters. The highest BCUT2D eigenvalue weighted by molar-refractivity contribution is 7.89. The van der Waals surface area contributed by atoms with Crippen LogP contribution >= 0.6 is 11.6 Å². The molecule has 1 aliphatic carbocycles. The second-order valence-electron chi connectivity index (χ2n) is 6.70. The molecular weight excluding hydrogens is 386 g/mol. The van der Waals surface area contributed by atoms with Crippen molar-refractivity contribution in [3.05, 3.63) is 59.1 Å². The molecule has 27 heavy (non-hydrogen) atoms. The topological polar surface area (TPSA) is 92.5 Å². The van der Waals surface area contributed by atoms with Gasteiger partial charge in [-0.25, -0.2) is 13.6 Å². The quantitative estimate of drug-likeness (QED) is 0.703. The third kappa shape index (κ3) is 6.04. The Kier molecular flexibility index (Phi) is 6.16. The number of anilines is 1. The first-order valence-electron chi connectivity index (χ1n) is 8.72. The maximum Gasteiger partial charge on any atom is 0.238 e. The van der Waals surface area contributed by atoms with Crippen LogP contribution in [0.4, 0.5) is 5.69 Å². The second-order valence-corrected chi connectivity index (χ2v) is 8.70. The third-order valence-electron chi connectivity index (χ3n) is 4.43. The molecule has 0 saturated heterocycles. The molecular formula is C19H22ClN3O3S. The molecule has 144 valence electrons. The lowest BCUT2D eigenvalue weighted by Crippen LogP contribution is -2.29. The van der Waals surface area contributed by atoms with Crippen molar-refractivity contribution in [2.24, 2.45) is 5.14 Å². The van der Waals surface area contributed by atoms with E-state index in [4.69, 9.17) is 16.7 Å². The molecule has 0 radical (unpaired) electrons. The molecule has 0 unspecified atom stereocenters. The normalized spacial score (nSPS) is 14.3. The Bertz CT molecular complexity index is 912. The number of amides is 1. The van der Waals surface area contributed by atoms with Gasteiger partial charge in [0.1, 0.15) is 0 Å². The number of nitrogens with two attached hydrogens (primary N) is 1. The van der Waals surface area contributed by atoms with Crippen molar-refractivity contribution in [2.75, 3.05) is 11.9 Å². The van der Waals surface area contributed by atoms with Crippen LogP contribution in [0.5, 0.6) is 0 Å². The van der Waals surface area contributed by atoms with Gasteiger partial charge in [-0.2, -0.15) is 0 Å². The van der Waals surface area contributed by atoms with Crippen molar-refractivity contribution >= 4 is 33.2 Å². The summed E-state index contributed by atoms with van der Waals surface area (Å²) in [4.78, 5) is 14.6. The zero-order chi connectivity index (χ0) is 19.4. The largest absolute Gasteiger partial charge is 0.326 e. The monoisotopic (exact) mass is 407 g/mol. The second kappa shape index (κ2) is 8.39. The number of halogens is 1. The maximum absolute atomic E-state index is 12.3. The van der Waals surface area contributed by atoms with E-state index in [2.05, 4.69) is 10.2 Å². The van der Waals surface area contributed by atoms with Crippen LogP contribution in [-0.2, 0) is 21.4 Å². The van der Waals surface area contributed by atoms with Gasteiger partial charge in [0.15, 0.2) is 0 Å². The molecule has 1 aliphatic rings. The number of rotatable bonds is 8. The molecule has 1 fully saturated rings. The number of benzene rings is 2. The Morgan fingerprint density at radius 3 is 2.52 bits per heavy atom. The number of primary sulfonamides is 1. The van der Waals surface area contributed by atoms with Crippen molar-refractivity contribution in [1.82, 2.24) is 4.90 Å². The molecule has 0 bridgehead atoms. The van der Waals surface area contributed by atoms with Crippen molar-refractivity contribution in [3.8, 4) is 0 Å². The SMILES string of the molecule is NS(=O)(=O)c1cccc(NC(=O)CCN(Cc2ccc(Cl)cc2)C2CC2)c1. The highest BCUT2D eigenvalue weighted by atomic mass is 35.5. The summed E-state index contributed by atoms with van der Waals surface area (Å²) >= 11 is 5.93. The minimum Gasteiger partial charge on any atom is -0.326 e. The molecule has 0 spiro atoms. The zero-order valence-electron chi connectivity index (χ0n) is 14.8. The summed E-state index contributed by atoms with van der Waals surface area (Å²) < 4.78 is 22.8. The Hall–Kier alpha value is -1.93. The van der Waals surface area contributed by atoms with Crippen LogP contribution in [0.2, 0.25) is 5.02 Å². The van der Waals surface area contributed by atoms with E-state index in [0.717, 1.165) is 24.9 Å². The minimum atomic E-state index is -3.80. The highest BCUT2D eigenvalue weighted by Gasteiger charge is 2.29. The van der Waals surface area contributed by atoms with E-state index in [0.29, 0.717) is 29.7 Å². The summed E-state index contributed by atoms with van der Waals surface area (Å²) in [6.45, 7) is 1.41. The molecule has 6 nitrogen and oxygen atoms in total. The Morgan fingerprint density at radius 1 is 1.19 bits per heavy atom. The lowest BCUT2D eigenvalue weighted by molar-refractivity contribution is -0.116.